The zero-order valence-corrected chi connectivity index (χ0v) is 11.4. The molecule has 0 spiro atoms. The van der Waals surface area contributed by atoms with E-state index in [0.29, 0.717) is 18.2 Å². The van der Waals surface area contributed by atoms with Crippen LogP contribution in [0.4, 0.5) is 11.5 Å². The van der Waals surface area contributed by atoms with Crippen LogP contribution in [0.1, 0.15) is 17.3 Å². The van der Waals surface area contributed by atoms with Crippen LogP contribution in [-0.4, -0.2) is 27.7 Å². The van der Waals surface area contributed by atoms with Crippen LogP contribution in [0.25, 0.3) is 0 Å². The first-order chi connectivity index (χ1) is 9.60. The van der Waals surface area contributed by atoms with Gasteiger partial charge in [0.05, 0.1) is 18.5 Å². The standard InChI is InChI=1S/C13H12ClN3O3/c1-2-20-11-6-3-8(7-15-11)16-12-9(13(18)19)4-5-10(14)17-12/h3-7H,2H2,1H3,(H,16,17)(H,18,19). The SMILES string of the molecule is CCOc1ccc(Nc2nc(Cl)ccc2C(=O)O)cn1. The van der Waals surface area contributed by atoms with Gasteiger partial charge in [0.25, 0.3) is 0 Å². The molecule has 0 saturated carbocycles. The van der Waals surface area contributed by atoms with E-state index in [1.807, 2.05) is 6.92 Å². The monoisotopic (exact) mass is 293 g/mol. The van der Waals surface area contributed by atoms with Gasteiger partial charge in [0.1, 0.15) is 16.5 Å². The van der Waals surface area contributed by atoms with Crippen LogP contribution in [0, 0.1) is 0 Å². The Morgan fingerprint density at radius 3 is 2.80 bits per heavy atom. The number of carbonyl (C=O) groups is 1. The quantitative estimate of drug-likeness (QED) is 0.825. The summed E-state index contributed by atoms with van der Waals surface area (Å²) in [6, 6.07) is 6.21. The first kappa shape index (κ1) is 14.1. The topological polar surface area (TPSA) is 84.3 Å². The molecule has 0 aliphatic carbocycles. The van der Waals surface area contributed by atoms with Crippen molar-refractivity contribution in [3.8, 4) is 5.88 Å². The molecular formula is C13H12ClN3O3. The van der Waals surface area contributed by atoms with Crippen molar-refractivity contribution in [3.05, 3.63) is 41.2 Å². The van der Waals surface area contributed by atoms with Crippen molar-refractivity contribution >= 4 is 29.1 Å². The largest absolute Gasteiger partial charge is 0.478 e. The number of hydrogen-bond acceptors (Lipinski definition) is 5. The average Bonchev–Trinajstić information content (AvgIpc) is 2.41. The van der Waals surface area contributed by atoms with Crippen LogP contribution in [0.2, 0.25) is 5.15 Å². The third-order valence-electron chi connectivity index (χ3n) is 2.38. The van der Waals surface area contributed by atoms with E-state index in [9.17, 15) is 4.79 Å². The van der Waals surface area contributed by atoms with Crippen LogP contribution in [-0.2, 0) is 0 Å². The molecule has 2 rings (SSSR count). The van der Waals surface area contributed by atoms with Gasteiger partial charge in [0.15, 0.2) is 0 Å². The van der Waals surface area contributed by atoms with E-state index in [0.717, 1.165) is 0 Å². The highest BCUT2D eigenvalue weighted by Gasteiger charge is 2.12. The number of nitrogens with one attached hydrogen (secondary N) is 1. The Labute approximate surface area is 120 Å². The fourth-order valence-electron chi connectivity index (χ4n) is 1.53. The minimum atomic E-state index is -1.09. The van der Waals surface area contributed by atoms with Gasteiger partial charge >= 0.3 is 5.97 Å². The summed E-state index contributed by atoms with van der Waals surface area (Å²) >= 11 is 5.77. The van der Waals surface area contributed by atoms with Crippen molar-refractivity contribution in [2.75, 3.05) is 11.9 Å². The number of rotatable bonds is 5. The third-order valence-corrected chi connectivity index (χ3v) is 2.59. The molecule has 0 fully saturated rings. The van der Waals surface area contributed by atoms with Gasteiger partial charge in [0.2, 0.25) is 5.88 Å². The molecule has 0 aliphatic heterocycles. The number of aromatic carboxylic acids is 1. The highest BCUT2D eigenvalue weighted by molar-refractivity contribution is 6.29. The van der Waals surface area contributed by atoms with E-state index in [2.05, 4.69) is 15.3 Å². The molecule has 7 heteroatoms. The Morgan fingerprint density at radius 1 is 1.40 bits per heavy atom. The lowest BCUT2D eigenvalue weighted by molar-refractivity contribution is 0.0697. The minimum Gasteiger partial charge on any atom is -0.478 e. The lowest BCUT2D eigenvalue weighted by Crippen LogP contribution is -2.05. The fraction of sp³-hybridized carbons (Fsp3) is 0.154. The zero-order chi connectivity index (χ0) is 14.5. The molecule has 2 aromatic heterocycles. The fourth-order valence-corrected chi connectivity index (χ4v) is 1.67. The minimum absolute atomic E-state index is 0.0308. The normalized spacial score (nSPS) is 10.1. The zero-order valence-electron chi connectivity index (χ0n) is 10.6. The number of pyridine rings is 2. The molecule has 0 aromatic carbocycles. The second-order valence-electron chi connectivity index (χ2n) is 3.78. The Morgan fingerprint density at radius 2 is 2.20 bits per heavy atom. The molecule has 104 valence electrons. The van der Waals surface area contributed by atoms with Crippen molar-refractivity contribution in [1.82, 2.24) is 9.97 Å². The smallest absolute Gasteiger partial charge is 0.339 e. The Bertz CT molecular complexity index is 617. The molecule has 0 radical (unpaired) electrons. The van der Waals surface area contributed by atoms with Crippen LogP contribution in [0.15, 0.2) is 30.5 Å². The molecule has 6 nitrogen and oxygen atoms in total. The Hall–Kier alpha value is -2.34. The summed E-state index contributed by atoms with van der Waals surface area (Å²) in [6.45, 7) is 2.39. The number of halogens is 1. The average molecular weight is 294 g/mol. The predicted octanol–water partition coefficient (Wildman–Crippen LogP) is 2.97. The van der Waals surface area contributed by atoms with Crippen LogP contribution >= 0.6 is 11.6 Å². The molecule has 20 heavy (non-hydrogen) atoms. The second-order valence-corrected chi connectivity index (χ2v) is 4.17. The van der Waals surface area contributed by atoms with E-state index in [4.69, 9.17) is 21.4 Å². The van der Waals surface area contributed by atoms with Gasteiger partial charge < -0.3 is 15.2 Å². The van der Waals surface area contributed by atoms with Crippen molar-refractivity contribution in [2.24, 2.45) is 0 Å². The maximum atomic E-state index is 11.1. The Balaban J connectivity index is 2.25. The number of carboxylic acids is 1. The van der Waals surface area contributed by atoms with Gasteiger partial charge in [-0.05, 0) is 25.1 Å². The highest BCUT2D eigenvalue weighted by Crippen LogP contribution is 2.21. The van der Waals surface area contributed by atoms with Crippen LogP contribution < -0.4 is 10.1 Å². The van der Waals surface area contributed by atoms with E-state index < -0.39 is 5.97 Å². The molecule has 0 unspecified atom stereocenters. The van der Waals surface area contributed by atoms with Crippen molar-refractivity contribution in [3.63, 3.8) is 0 Å². The molecule has 0 aliphatic rings. The Kier molecular flexibility index (Phi) is 4.37. The van der Waals surface area contributed by atoms with E-state index in [1.54, 1.807) is 12.1 Å². The summed E-state index contributed by atoms with van der Waals surface area (Å²) in [7, 11) is 0. The van der Waals surface area contributed by atoms with Gasteiger partial charge in [-0.3, -0.25) is 0 Å². The van der Waals surface area contributed by atoms with Gasteiger partial charge in [-0.2, -0.15) is 0 Å². The maximum absolute atomic E-state index is 11.1. The second kappa shape index (κ2) is 6.21. The van der Waals surface area contributed by atoms with Crippen LogP contribution in [0.5, 0.6) is 5.88 Å². The summed E-state index contributed by atoms with van der Waals surface area (Å²) < 4.78 is 5.22. The molecule has 0 amide bonds. The number of aromatic nitrogens is 2. The van der Waals surface area contributed by atoms with Crippen molar-refractivity contribution < 1.29 is 14.6 Å². The summed E-state index contributed by atoms with van der Waals surface area (Å²) in [5.74, 6) is -0.429. The van der Waals surface area contributed by atoms with E-state index in [-0.39, 0.29) is 16.5 Å². The van der Waals surface area contributed by atoms with Crippen molar-refractivity contribution in [1.29, 1.82) is 0 Å². The summed E-state index contributed by atoms with van der Waals surface area (Å²) in [5.41, 5.74) is 0.619. The maximum Gasteiger partial charge on any atom is 0.339 e. The molecular weight excluding hydrogens is 282 g/mol. The number of hydrogen-bond donors (Lipinski definition) is 2. The molecule has 2 heterocycles. The highest BCUT2D eigenvalue weighted by atomic mass is 35.5. The number of ether oxygens (including phenoxy) is 1. The number of anilines is 2. The summed E-state index contributed by atoms with van der Waals surface area (Å²) in [5, 5.41) is 12.2. The lowest BCUT2D eigenvalue weighted by atomic mass is 10.2. The number of carboxylic acid groups (broad SMARTS) is 1. The molecule has 0 saturated heterocycles. The summed E-state index contributed by atoms with van der Waals surface area (Å²) in [4.78, 5) is 19.1. The summed E-state index contributed by atoms with van der Waals surface area (Å²) in [6.07, 6.45) is 1.53. The molecule has 2 aromatic rings. The van der Waals surface area contributed by atoms with Crippen LogP contribution in [0.3, 0.4) is 0 Å². The van der Waals surface area contributed by atoms with E-state index in [1.165, 1.54) is 18.3 Å². The number of nitrogens with zero attached hydrogens (tertiary/aromatic N) is 2. The third kappa shape index (κ3) is 3.36. The molecule has 0 bridgehead atoms. The molecule has 2 N–H and O–H groups in total. The van der Waals surface area contributed by atoms with Gasteiger partial charge in [-0.1, -0.05) is 11.6 Å². The first-order valence-corrected chi connectivity index (χ1v) is 6.23. The van der Waals surface area contributed by atoms with Gasteiger partial charge in [-0.25, -0.2) is 14.8 Å². The predicted molar refractivity (Wildman–Crippen MR) is 74.9 cm³/mol. The van der Waals surface area contributed by atoms with Crippen molar-refractivity contribution in [2.45, 2.75) is 6.92 Å². The lowest BCUT2D eigenvalue weighted by Gasteiger charge is -2.09. The van der Waals surface area contributed by atoms with Gasteiger partial charge in [0, 0.05) is 6.07 Å². The van der Waals surface area contributed by atoms with Gasteiger partial charge in [-0.15, -0.1) is 0 Å². The molecule has 0 atom stereocenters. The first-order valence-electron chi connectivity index (χ1n) is 5.86. The van der Waals surface area contributed by atoms with E-state index >= 15 is 0 Å².